The Bertz CT molecular complexity index is 1120. The first-order valence-electron chi connectivity index (χ1n) is 13.0. The normalized spacial score (nSPS) is 19.8. The number of nitrogens with one attached hydrogen (secondary N) is 1. The highest BCUT2D eigenvalue weighted by Gasteiger charge is 2.44. The number of rotatable bonds is 6. The Hall–Kier alpha value is -3.47. The van der Waals surface area contributed by atoms with Gasteiger partial charge >= 0.3 is 6.09 Å². The summed E-state index contributed by atoms with van der Waals surface area (Å²) in [6, 6.07) is 4.08. The smallest absolute Gasteiger partial charge is 0.410 e. The summed E-state index contributed by atoms with van der Waals surface area (Å²) in [5.74, 6) is -1.56. The standard InChI is InChI=1S/C27H36N4O7/c1-26(2,3)38-25(36)30-13-15-37-27(17-30)9-11-29(12-10-27)18-7-8-19-20(16-18)24(35)31(23(19)34)21(6-5-14-32)22(33)28-4/h7-8,14,16,21H,5-6,9-13,15,17H2,1-4H3,(H,28,33). The molecule has 11 heteroatoms. The lowest BCUT2D eigenvalue weighted by Crippen LogP contribution is -2.58. The summed E-state index contributed by atoms with van der Waals surface area (Å²) in [6.45, 7) is 8.22. The Morgan fingerprint density at radius 3 is 2.45 bits per heavy atom. The van der Waals surface area contributed by atoms with Gasteiger partial charge in [0.25, 0.3) is 11.8 Å². The molecule has 2 fully saturated rings. The van der Waals surface area contributed by atoms with Crippen molar-refractivity contribution in [2.24, 2.45) is 0 Å². The Kier molecular flexibility index (Phi) is 7.78. The van der Waals surface area contributed by atoms with Crippen LogP contribution in [-0.2, 0) is 19.1 Å². The van der Waals surface area contributed by atoms with Crippen LogP contribution in [0.4, 0.5) is 10.5 Å². The van der Waals surface area contributed by atoms with E-state index in [1.165, 1.54) is 7.05 Å². The van der Waals surface area contributed by atoms with E-state index < -0.39 is 35.0 Å². The van der Waals surface area contributed by atoms with Crippen molar-refractivity contribution in [3.05, 3.63) is 29.3 Å². The molecule has 3 heterocycles. The average molecular weight is 529 g/mol. The predicted molar refractivity (Wildman–Crippen MR) is 138 cm³/mol. The van der Waals surface area contributed by atoms with E-state index in [9.17, 15) is 24.0 Å². The Morgan fingerprint density at radius 1 is 1.13 bits per heavy atom. The maximum absolute atomic E-state index is 13.3. The van der Waals surface area contributed by atoms with Gasteiger partial charge in [0.1, 0.15) is 17.9 Å². The molecule has 3 aliphatic heterocycles. The molecule has 1 unspecified atom stereocenters. The van der Waals surface area contributed by atoms with Crippen molar-refractivity contribution in [1.29, 1.82) is 0 Å². The molecule has 1 aromatic rings. The van der Waals surface area contributed by atoms with Crippen molar-refractivity contribution in [1.82, 2.24) is 15.1 Å². The zero-order valence-electron chi connectivity index (χ0n) is 22.5. The fourth-order valence-electron chi connectivity index (χ4n) is 5.30. The van der Waals surface area contributed by atoms with Gasteiger partial charge in [0.15, 0.2) is 0 Å². The Labute approximate surface area is 222 Å². The van der Waals surface area contributed by atoms with E-state index in [1.807, 2.05) is 20.8 Å². The van der Waals surface area contributed by atoms with Crippen LogP contribution in [0.5, 0.6) is 0 Å². The molecule has 0 aliphatic carbocycles. The first kappa shape index (κ1) is 27.6. The van der Waals surface area contributed by atoms with E-state index in [0.29, 0.717) is 51.9 Å². The zero-order chi connectivity index (χ0) is 27.7. The highest BCUT2D eigenvalue weighted by molar-refractivity contribution is 6.23. The third-order valence-electron chi connectivity index (χ3n) is 7.26. The molecule has 0 aromatic heterocycles. The molecule has 1 N–H and O–H groups in total. The second-order valence-corrected chi connectivity index (χ2v) is 11.0. The molecule has 4 rings (SSSR count). The summed E-state index contributed by atoms with van der Waals surface area (Å²) in [5, 5.41) is 2.48. The monoisotopic (exact) mass is 528 g/mol. The number of morpholine rings is 1. The van der Waals surface area contributed by atoms with Crippen molar-refractivity contribution in [2.75, 3.05) is 44.7 Å². The van der Waals surface area contributed by atoms with Crippen LogP contribution in [0, 0.1) is 0 Å². The third-order valence-corrected chi connectivity index (χ3v) is 7.26. The largest absolute Gasteiger partial charge is 0.444 e. The van der Waals surface area contributed by atoms with Crippen LogP contribution < -0.4 is 10.2 Å². The molecule has 1 spiro atoms. The molecule has 1 atom stereocenters. The lowest BCUT2D eigenvalue weighted by atomic mass is 9.89. The number of amides is 4. The molecule has 0 radical (unpaired) electrons. The predicted octanol–water partition coefficient (Wildman–Crippen LogP) is 1.98. The summed E-state index contributed by atoms with van der Waals surface area (Å²) >= 11 is 0. The maximum atomic E-state index is 13.3. The number of benzene rings is 1. The number of anilines is 1. The molecule has 2 saturated heterocycles. The van der Waals surface area contributed by atoms with Gasteiger partial charge in [-0.05, 0) is 58.2 Å². The van der Waals surface area contributed by atoms with E-state index in [4.69, 9.17) is 9.47 Å². The molecular formula is C27H36N4O7. The minimum Gasteiger partial charge on any atom is -0.444 e. The van der Waals surface area contributed by atoms with Crippen molar-refractivity contribution in [3.63, 3.8) is 0 Å². The van der Waals surface area contributed by atoms with E-state index in [0.717, 1.165) is 10.6 Å². The second kappa shape index (κ2) is 10.7. The lowest BCUT2D eigenvalue weighted by Gasteiger charge is -2.47. The highest BCUT2D eigenvalue weighted by Crippen LogP contribution is 2.35. The fraction of sp³-hybridized carbons (Fsp3) is 0.593. The van der Waals surface area contributed by atoms with Crippen LogP contribution in [0.25, 0.3) is 0 Å². The molecule has 11 nitrogen and oxygen atoms in total. The van der Waals surface area contributed by atoms with Gasteiger partial charge in [-0.25, -0.2) is 4.79 Å². The minimum atomic E-state index is -1.05. The van der Waals surface area contributed by atoms with Gasteiger partial charge in [-0.2, -0.15) is 0 Å². The minimum absolute atomic E-state index is 0.0553. The summed E-state index contributed by atoms with van der Waals surface area (Å²) in [7, 11) is 1.43. The Balaban J connectivity index is 1.45. The van der Waals surface area contributed by atoms with E-state index in [2.05, 4.69) is 10.2 Å². The molecule has 3 aliphatic rings. The number of ether oxygens (including phenoxy) is 2. The zero-order valence-corrected chi connectivity index (χ0v) is 22.5. The number of carbonyl (C=O) groups is 5. The van der Waals surface area contributed by atoms with Gasteiger partial charge < -0.3 is 29.4 Å². The van der Waals surface area contributed by atoms with Gasteiger partial charge in [-0.15, -0.1) is 0 Å². The van der Waals surface area contributed by atoms with Gasteiger partial charge in [0.2, 0.25) is 5.91 Å². The average Bonchev–Trinajstić information content (AvgIpc) is 3.13. The summed E-state index contributed by atoms with van der Waals surface area (Å²) < 4.78 is 11.7. The van der Waals surface area contributed by atoms with Crippen molar-refractivity contribution < 1.29 is 33.4 Å². The van der Waals surface area contributed by atoms with Crippen molar-refractivity contribution in [3.8, 4) is 0 Å². The van der Waals surface area contributed by atoms with Gasteiger partial charge in [0.05, 0.1) is 29.9 Å². The van der Waals surface area contributed by atoms with Crippen LogP contribution in [0.1, 0.15) is 67.2 Å². The second-order valence-electron chi connectivity index (χ2n) is 11.0. The van der Waals surface area contributed by atoms with Crippen LogP contribution in [-0.4, -0.2) is 97.0 Å². The Morgan fingerprint density at radius 2 is 1.82 bits per heavy atom. The summed E-state index contributed by atoms with van der Waals surface area (Å²) in [5.41, 5.74) is 0.270. The first-order valence-corrected chi connectivity index (χ1v) is 13.0. The van der Waals surface area contributed by atoms with Crippen LogP contribution in [0.3, 0.4) is 0 Å². The highest BCUT2D eigenvalue weighted by atomic mass is 16.6. The molecule has 1 aromatic carbocycles. The maximum Gasteiger partial charge on any atom is 0.410 e. The number of piperidine rings is 1. The van der Waals surface area contributed by atoms with E-state index in [-0.39, 0.29) is 30.1 Å². The third kappa shape index (κ3) is 5.52. The van der Waals surface area contributed by atoms with E-state index >= 15 is 0 Å². The number of nitrogens with zero attached hydrogens (tertiary/aromatic N) is 3. The van der Waals surface area contributed by atoms with Crippen molar-refractivity contribution >= 4 is 35.8 Å². The number of likely N-dealkylation sites (N-methyl/N-ethyl adjacent to an activating group) is 1. The summed E-state index contributed by atoms with van der Waals surface area (Å²) in [4.78, 5) is 67.0. The van der Waals surface area contributed by atoms with Gasteiger partial charge in [0, 0.05) is 38.8 Å². The van der Waals surface area contributed by atoms with Crippen LogP contribution in [0.15, 0.2) is 18.2 Å². The fourth-order valence-corrected chi connectivity index (χ4v) is 5.30. The SMILES string of the molecule is CNC(=O)C(CCC=O)N1C(=O)c2ccc(N3CCC4(CC3)CN(C(=O)OC(C)(C)C)CCO4)cc2C1=O. The molecule has 0 bridgehead atoms. The number of aldehydes is 1. The lowest BCUT2D eigenvalue weighted by molar-refractivity contribution is -0.124. The number of hydrogen-bond acceptors (Lipinski definition) is 8. The quantitative estimate of drug-likeness (QED) is 0.439. The number of fused-ring (bicyclic) bond motifs is 1. The number of hydrogen-bond donors (Lipinski definition) is 1. The molecular weight excluding hydrogens is 492 g/mol. The molecule has 206 valence electrons. The topological polar surface area (TPSA) is 126 Å². The van der Waals surface area contributed by atoms with Crippen molar-refractivity contribution in [2.45, 2.75) is 63.7 Å². The number of carbonyl (C=O) groups excluding carboxylic acids is 5. The first-order chi connectivity index (χ1) is 18.0. The molecule has 38 heavy (non-hydrogen) atoms. The molecule has 4 amide bonds. The summed E-state index contributed by atoms with van der Waals surface area (Å²) in [6.07, 6.45) is 1.82. The molecule has 0 saturated carbocycles. The van der Waals surface area contributed by atoms with Crippen LogP contribution in [0.2, 0.25) is 0 Å². The van der Waals surface area contributed by atoms with Gasteiger partial charge in [-0.1, -0.05) is 0 Å². The van der Waals surface area contributed by atoms with E-state index in [1.54, 1.807) is 23.1 Å². The van der Waals surface area contributed by atoms with Gasteiger partial charge in [-0.3, -0.25) is 19.3 Å². The number of imide groups is 1. The van der Waals surface area contributed by atoms with Crippen LogP contribution >= 0.6 is 0 Å².